The number of aromatic nitrogens is 3. The Morgan fingerprint density at radius 3 is 2.56 bits per heavy atom. The molecule has 27 heavy (non-hydrogen) atoms. The number of carbonyl (C=O) groups excluding carboxylic acids is 1. The van der Waals surface area contributed by atoms with Crippen molar-refractivity contribution in [3.8, 4) is 11.3 Å². The average Bonchev–Trinajstić information content (AvgIpc) is 3.43. The highest BCUT2D eigenvalue weighted by atomic mass is 16.2. The number of aryl methyl sites for hydroxylation is 1. The van der Waals surface area contributed by atoms with E-state index in [0.717, 1.165) is 47.3 Å². The van der Waals surface area contributed by atoms with Crippen LogP contribution in [-0.2, 0) is 11.2 Å². The zero-order chi connectivity index (χ0) is 18.9. The number of hydrogen-bond acceptors (Lipinski definition) is 4. The third-order valence-corrected chi connectivity index (χ3v) is 5.05. The van der Waals surface area contributed by atoms with Gasteiger partial charge in [0, 0.05) is 35.3 Å². The lowest BCUT2D eigenvalue weighted by atomic mass is 10.0. The summed E-state index contributed by atoms with van der Waals surface area (Å²) in [6.45, 7) is 3.96. The Balaban J connectivity index is 1.45. The second kappa shape index (κ2) is 6.91. The molecule has 0 atom stereocenters. The largest absolute Gasteiger partial charge is 0.310 e. The summed E-state index contributed by atoms with van der Waals surface area (Å²) in [5.41, 5.74) is 4.96. The maximum atomic E-state index is 12.1. The number of carbonyl (C=O) groups is 1. The molecule has 1 saturated carbocycles. The summed E-state index contributed by atoms with van der Waals surface area (Å²) in [5.74, 6) is 0.672. The van der Waals surface area contributed by atoms with E-state index in [-0.39, 0.29) is 11.3 Å². The summed E-state index contributed by atoms with van der Waals surface area (Å²) < 4.78 is 0. The molecule has 0 radical (unpaired) electrons. The Kier molecular flexibility index (Phi) is 4.44. The standard InChI is InChI=1S/C22H22N4O/c1-15-3-5-18(14-24-15)19-12-16(7-10-23-19)11-17-4-6-20(25-13-17)26-21(27)22(2)8-9-22/h3-7,10,12-14H,8-9,11H2,1-2H3,(H,25,26,27). The lowest BCUT2D eigenvalue weighted by Gasteiger charge is -2.10. The number of hydrogen-bond donors (Lipinski definition) is 1. The van der Waals surface area contributed by atoms with Gasteiger partial charge in [-0.3, -0.25) is 14.8 Å². The predicted octanol–water partition coefficient (Wildman–Crippen LogP) is 4.18. The molecule has 3 aromatic heterocycles. The minimum atomic E-state index is -0.196. The van der Waals surface area contributed by atoms with Crippen molar-refractivity contribution in [1.82, 2.24) is 15.0 Å². The van der Waals surface area contributed by atoms with E-state index < -0.39 is 0 Å². The maximum absolute atomic E-state index is 12.1. The minimum Gasteiger partial charge on any atom is -0.310 e. The van der Waals surface area contributed by atoms with Crippen LogP contribution in [0.4, 0.5) is 5.82 Å². The molecule has 5 nitrogen and oxygen atoms in total. The molecule has 3 heterocycles. The highest BCUT2D eigenvalue weighted by molar-refractivity contribution is 5.96. The fourth-order valence-electron chi connectivity index (χ4n) is 2.88. The summed E-state index contributed by atoms with van der Waals surface area (Å²) in [7, 11) is 0. The SMILES string of the molecule is Cc1ccc(-c2cc(Cc3ccc(NC(=O)C4(C)CC4)nc3)ccn2)cn1. The number of nitrogens with one attached hydrogen (secondary N) is 1. The van der Waals surface area contributed by atoms with Crippen molar-refractivity contribution in [2.45, 2.75) is 33.1 Å². The van der Waals surface area contributed by atoms with Gasteiger partial charge < -0.3 is 5.32 Å². The summed E-state index contributed by atoms with van der Waals surface area (Å²) in [4.78, 5) is 25.3. The van der Waals surface area contributed by atoms with Crippen LogP contribution in [0.15, 0.2) is 55.0 Å². The highest BCUT2D eigenvalue weighted by Gasteiger charge is 2.44. The van der Waals surface area contributed by atoms with E-state index in [1.165, 1.54) is 0 Å². The van der Waals surface area contributed by atoms with Crippen molar-refractivity contribution in [1.29, 1.82) is 0 Å². The maximum Gasteiger partial charge on any atom is 0.231 e. The number of nitrogens with zero attached hydrogens (tertiary/aromatic N) is 3. The van der Waals surface area contributed by atoms with Crippen molar-refractivity contribution >= 4 is 11.7 Å². The van der Waals surface area contributed by atoms with Crippen LogP contribution in [0.1, 0.15) is 36.6 Å². The van der Waals surface area contributed by atoms with E-state index in [4.69, 9.17) is 0 Å². The smallest absolute Gasteiger partial charge is 0.231 e. The first-order valence-electron chi connectivity index (χ1n) is 9.16. The van der Waals surface area contributed by atoms with Crippen LogP contribution >= 0.6 is 0 Å². The van der Waals surface area contributed by atoms with Gasteiger partial charge in [0.05, 0.1) is 5.69 Å². The molecule has 1 aliphatic rings. The molecule has 0 unspecified atom stereocenters. The average molecular weight is 358 g/mol. The Hall–Kier alpha value is -3.08. The molecule has 1 fully saturated rings. The fourth-order valence-corrected chi connectivity index (χ4v) is 2.88. The number of pyridine rings is 3. The van der Waals surface area contributed by atoms with Gasteiger partial charge in [0.2, 0.25) is 5.91 Å². The molecule has 3 aromatic rings. The Labute approximate surface area is 158 Å². The van der Waals surface area contributed by atoms with Gasteiger partial charge in [0.15, 0.2) is 0 Å². The molecule has 0 saturated heterocycles. The molecular formula is C22H22N4O. The molecule has 4 rings (SSSR count). The van der Waals surface area contributed by atoms with E-state index in [9.17, 15) is 4.79 Å². The van der Waals surface area contributed by atoms with Crippen LogP contribution in [0, 0.1) is 12.3 Å². The first-order chi connectivity index (χ1) is 13.0. The Morgan fingerprint density at radius 2 is 1.89 bits per heavy atom. The normalized spacial score (nSPS) is 14.6. The molecule has 0 bridgehead atoms. The van der Waals surface area contributed by atoms with Crippen molar-refractivity contribution in [2.75, 3.05) is 5.32 Å². The van der Waals surface area contributed by atoms with Gasteiger partial charge in [0.25, 0.3) is 0 Å². The molecule has 0 aromatic carbocycles. The van der Waals surface area contributed by atoms with E-state index in [2.05, 4.69) is 26.3 Å². The molecular weight excluding hydrogens is 336 g/mol. The van der Waals surface area contributed by atoms with Gasteiger partial charge >= 0.3 is 0 Å². The van der Waals surface area contributed by atoms with E-state index in [0.29, 0.717) is 5.82 Å². The van der Waals surface area contributed by atoms with Crippen LogP contribution in [0.25, 0.3) is 11.3 Å². The van der Waals surface area contributed by atoms with E-state index >= 15 is 0 Å². The molecule has 1 N–H and O–H groups in total. The lowest BCUT2D eigenvalue weighted by Crippen LogP contribution is -2.21. The Bertz CT molecular complexity index is 960. The lowest BCUT2D eigenvalue weighted by molar-refractivity contribution is -0.120. The van der Waals surface area contributed by atoms with Crippen LogP contribution < -0.4 is 5.32 Å². The van der Waals surface area contributed by atoms with Crippen LogP contribution in [-0.4, -0.2) is 20.9 Å². The number of amides is 1. The van der Waals surface area contributed by atoms with Gasteiger partial charge in [-0.1, -0.05) is 13.0 Å². The number of anilines is 1. The first kappa shape index (κ1) is 17.3. The summed E-state index contributed by atoms with van der Waals surface area (Å²) in [6.07, 6.45) is 8.16. The summed E-state index contributed by atoms with van der Waals surface area (Å²) in [6, 6.07) is 12.0. The van der Waals surface area contributed by atoms with Gasteiger partial charge in [-0.05, 0) is 67.6 Å². The molecule has 1 amide bonds. The van der Waals surface area contributed by atoms with Gasteiger partial charge in [0.1, 0.15) is 5.82 Å². The van der Waals surface area contributed by atoms with Crippen LogP contribution in [0.2, 0.25) is 0 Å². The zero-order valence-electron chi connectivity index (χ0n) is 15.6. The molecule has 0 aliphatic heterocycles. The van der Waals surface area contributed by atoms with Crippen molar-refractivity contribution in [3.05, 3.63) is 71.8 Å². The second-order valence-corrected chi connectivity index (χ2v) is 7.48. The van der Waals surface area contributed by atoms with E-state index in [1.54, 1.807) is 0 Å². The molecule has 1 aliphatic carbocycles. The number of rotatable bonds is 5. The van der Waals surface area contributed by atoms with Crippen molar-refractivity contribution in [3.63, 3.8) is 0 Å². The molecule has 136 valence electrons. The third kappa shape index (κ3) is 4.03. The Morgan fingerprint density at radius 1 is 1.04 bits per heavy atom. The van der Waals surface area contributed by atoms with Gasteiger partial charge in [-0.2, -0.15) is 0 Å². The van der Waals surface area contributed by atoms with Crippen LogP contribution in [0.3, 0.4) is 0 Å². The first-order valence-corrected chi connectivity index (χ1v) is 9.16. The van der Waals surface area contributed by atoms with Crippen molar-refractivity contribution < 1.29 is 4.79 Å². The predicted molar refractivity (Wildman–Crippen MR) is 105 cm³/mol. The fraction of sp³-hybridized carbons (Fsp3) is 0.273. The topological polar surface area (TPSA) is 67.8 Å². The summed E-state index contributed by atoms with van der Waals surface area (Å²) in [5, 5.41) is 2.90. The second-order valence-electron chi connectivity index (χ2n) is 7.48. The highest BCUT2D eigenvalue weighted by Crippen LogP contribution is 2.45. The van der Waals surface area contributed by atoms with Crippen LogP contribution in [0.5, 0.6) is 0 Å². The molecule has 0 spiro atoms. The monoisotopic (exact) mass is 358 g/mol. The molecule has 5 heteroatoms. The zero-order valence-corrected chi connectivity index (χ0v) is 15.6. The summed E-state index contributed by atoms with van der Waals surface area (Å²) >= 11 is 0. The quantitative estimate of drug-likeness (QED) is 0.743. The minimum absolute atomic E-state index is 0.0632. The van der Waals surface area contributed by atoms with Gasteiger partial charge in [-0.25, -0.2) is 4.98 Å². The van der Waals surface area contributed by atoms with Gasteiger partial charge in [-0.15, -0.1) is 0 Å². The third-order valence-electron chi connectivity index (χ3n) is 5.05. The van der Waals surface area contributed by atoms with E-state index in [1.807, 2.05) is 62.8 Å². The van der Waals surface area contributed by atoms with Crippen molar-refractivity contribution in [2.24, 2.45) is 5.41 Å².